The van der Waals surface area contributed by atoms with Gasteiger partial charge in [0, 0.05) is 24.3 Å². The molecule has 9 heteroatoms. The van der Waals surface area contributed by atoms with Crippen molar-refractivity contribution in [2.75, 3.05) is 35.8 Å². The topological polar surface area (TPSA) is 108 Å². The second-order valence-electron chi connectivity index (χ2n) is 7.12. The quantitative estimate of drug-likeness (QED) is 0.392. The van der Waals surface area contributed by atoms with Crippen molar-refractivity contribution in [3.05, 3.63) is 54.1 Å². The Morgan fingerprint density at radius 2 is 1.77 bits per heavy atom. The summed E-state index contributed by atoms with van der Waals surface area (Å²) in [5.41, 5.74) is 4.25. The minimum Gasteiger partial charge on any atom is -0.507 e. The Bertz CT molecular complexity index is 1040. The van der Waals surface area contributed by atoms with E-state index < -0.39 is 0 Å². The second kappa shape index (κ2) is 9.75. The summed E-state index contributed by atoms with van der Waals surface area (Å²) in [5.74, 6) is 2.08. The minimum atomic E-state index is 0.0995. The van der Waals surface area contributed by atoms with Crippen LogP contribution < -0.4 is 20.4 Å². The summed E-state index contributed by atoms with van der Waals surface area (Å²) in [7, 11) is 1.57. The third-order valence-electron chi connectivity index (χ3n) is 4.90. The van der Waals surface area contributed by atoms with Crippen molar-refractivity contribution in [2.24, 2.45) is 5.10 Å². The van der Waals surface area contributed by atoms with E-state index in [1.165, 1.54) is 12.6 Å². The summed E-state index contributed by atoms with van der Waals surface area (Å²) < 4.78 is 5.19. The lowest BCUT2D eigenvalue weighted by molar-refractivity contribution is 0.412. The molecular formula is C22H25N7O2. The number of aromatic nitrogens is 3. The Kier molecular flexibility index (Phi) is 6.41. The summed E-state index contributed by atoms with van der Waals surface area (Å²) >= 11 is 0. The Balaban J connectivity index is 1.57. The zero-order valence-electron chi connectivity index (χ0n) is 17.3. The molecule has 4 rings (SSSR count). The summed E-state index contributed by atoms with van der Waals surface area (Å²) in [6, 6.07) is 14.7. The number of aromatic hydroxyl groups is 1. The van der Waals surface area contributed by atoms with Crippen LogP contribution in [-0.4, -0.2) is 46.5 Å². The number of phenols is 1. The highest BCUT2D eigenvalue weighted by Crippen LogP contribution is 2.22. The van der Waals surface area contributed by atoms with E-state index in [1.807, 2.05) is 30.3 Å². The normalized spacial score (nSPS) is 13.9. The molecule has 1 aliphatic heterocycles. The molecule has 0 atom stereocenters. The first-order valence-electron chi connectivity index (χ1n) is 10.2. The molecule has 0 amide bonds. The summed E-state index contributed by atoms with van der Waals surface area (Å²) in [6.45, 7) is 1.82. The Labute approximate surface area is 180 Å². The average Bonchev–Trinajstić information content (AvgIpc) is 2.81. The van der Waals surface area contributed by atoms with Gasteiger partial charge < -0.3 is 20.1 Å². The molecule has 3 aromatic rings. The molecule has 160 valence electrons. The first-order chi connectivity index (χ1) is 15.2. The van der Waals surface area contributed by atoms with E-state index in [9.17, 15) is 5.11 Å². The Hall–Kier alpha value is -3.88. The van der Waals surface area contributed by atoms with Crippen LogP contribution in [0, 0.1) is 0 Å². The van der Waals surface area contributed by atoms with Crippen molar-refractivity contribution >= 4 is 29.7 Å². The fourth-order valence-electron chi connectivity index (χ4n) is 3.28. The third kappa shape index (κ3) is 5.39. The predicted molar refractivity (Wildman–Crippen MR) is 121 cm³/mol. The van der Waals surface area contributed by atoms with E-state index in [0.717, 1.165) is 31.6 Å². The number of nitrogens with zero attached hydrogens (tertiary/aromatic N) is 5. The van der Waals surface area contributed by atoms with Crippen molar-refractivity contribution in [2.45, 2.75) is 19.3 Å². The van der Waals surface area contributed by atoms with Gasteiger partial charge in [-0.05, 0) is 49.6 Å². The van der Waals surface area contributed by atoms with Crippen LogP contribution in [0.25, 0.3) is 0 Å². The van der Waals surface area contributed by atoms with Crippen LogP contribution in [-0.2, 0) is 0 Å². The molecule has 0 spiro atoms. The van der Waals surface area contributed by atoms with E-state index in [0.29, 0.717) is 29.2 Å². The molecule has 1 saturated heterocycles. The number of hydrogen-bond donors (Lipinski definition) is 3. The zero-order valence-corrected chi connectivity index (χ0v) is 17.3. The van der Waals surface area contributed by atoms with Gasteiger partial charge in [0.15, 0.2) is 0 Å². The smallest absolute Gasteiger partial charge is 0.250 e. The average molecular weight is 419 g/mol. The molecule has 3 N–H and O–H groups in total. The van der Waals surface area contributed by atoms with E-state index in [-0.39, 0.29) is 5.75 Å². The number of hydrogen-bond acceptors (Lipinski definition) is 9. The van der Waals surface area contributed by atoms with Gasteiger partial charge in [-0.1, -0.05) is 18.2 Å². The Morgan fingerprint density at radius 1 is 1.00 bits per heavy atom. The van der Waals surface area contributed by atoms with Gasteiger partial charge in [-0.3, -0.25) is 0 Å². The predicted octanol–water partition coefficient (Wildman–Crippen LogP) is 3.77. The third-order valence-corrected chi connectivity index (χ3v) is 4.90. The summed E-state index contributed by atoms with van der Waals surface area (Å²) in [5, 5.41) is 17.4. The van der Waals surface area contributed by atoms with Crippen LogP contribution in [0.1, 0.15) is 24.8 Å². The maximum Gasteiger partial charge on any atom is 0.250 e. The molecule has 1 fully saturated rings. The van der Waals surface area contributed by atoms with E-state index in [4.69, 9.17) is 4.74 Å². The molecule has 1 aromatic heterocycles. The number of ether oxygens (including phenoxy) is 1. The van der Waals surface area contributed by atoms with Crippen molar-refractivity contribution < 1.29 is 9.84 Å². The van der Waals surface area contributed by atoms with Gasteiger partial charge in [0.25, 0.3) is 0 Å². The number of rotatable bonds is 7. The van der Waals surface area contributed by atoms with E-state index in [2.05, 4.69) is 35.7 Å². The highest BCUT2D eigenvalue weighted by Gasteiger charge is 2.16. The highest BCUT2D eigenvalue weighted by molar-refractivity contribution is 5.84. The lowest BCUT2D eigenvalue weighted by Gasteiger charge is -2.26. The molecule has 9 nitrogen and oxygen atoms in total. The maximum absolute atomic E-state index is 10.0. The van der Waals surface area contributed by atoms with E-state index >= 15 is 0 Å². The van der Waals surface area contributed by atoms with Gasteiger partial charge in [0.2, 0.25) is 17.8 Å². The molecule has 0 unspecified atom stereocenters. The van der Waals surface area contributed by atoms with Crippen LogP contribution in [0.4, 0.5) is 23.5 Å². The Morgan fingerprint density at radius 3 is 2.55 bits per heavy atom. The van der Waals surface area contributed by atoms with Crippen LogP contribution in [0.2, 0.25) is 0 Å². The van der Waals surface area contributed by atoms with Gasteiger partial charge in [0.1, 0.15) is 11.5 Å². The van der Waals surface area contributed by atoms with Crippen LogP contribution >= 0.6 is 0 Å². The van der Waals surface area contributed by atoms with Crippen molar-refractivity contribution in [3.8, 4) is 11.5 Å². The fraction of sp³-hybridized carbons (Fsp3) is 0.273. The number of nitrogens with one attached hydrogen (secondary N) is 2. The van der Waals surface area contributed by atoms with Crippen molar-refractivity contribution in [1.82, 2.24) is 15.0 Å². The van der Waals surface area contributed by atoms with Crippen molar-refractivity contribution in [3.63, 3.8) is 0 Å². The molecule has 0 radical (unpaired) electrons. The summed E-state index contributed by atoms with van der Waals surface area (Å²) in [4.78, 5) is 15.7. The van der Waals surface area contributed by atoms with Crippen LogP contribution in [0.5, 0.6) is 11.5 Å². The number of anilines is 4. The molecular weight excluding hydrogens is 394 g/mol. The highest BCUT2D eigenvalue weighted by atomic mass is 16.5. The zero-order chi connectivity index (χ0) is 21.5. The summed E-state index contributed by atoms with van der Waals surface area (Å²) in [6.07, 6.45) is 4.94. The number of hydrazone groups is 1. The van der Waals surface area contributed by atoms with Crippen LogP contribution in [0.15, 0.2) is 53.6 Å². The minimum absolute atomic E-state index is 0.0995. The molecule has 2 heterocycles. The number of methoxy groups -OCH3 is 1. The van der Waals surface area contributed by atoms with Gasteiger partial charge in [-0.25, -0.2) is 5.43 Å². The molecule has 0 aliphatic carbocycles. The molecule has 0 bridgehead atoms. The lowest BCUT2D eigenvalue weighted by Crippen LogP contribution is -2.31. The van der Waals surface area contributed by atoms with Gasteiger partial charge in [0.05, 0.1) is 13.3 Å². The molecule has 0 saturated carbocycles. The number of para-hydroxylation sites is 1. The standard InChI is InChI=1S/C22H25N7O2/c1-31-18-10-11-19(30)16(14-18)15-23-28-21-25-20(24-17-8-4-2-5-9-17)26-22(27-21)29-12-6-3-7-13-29/h2,4-5,8-11,14-15,30H,3,6-7,12-13H2,1H3,(H2,24,25,26,27,28). The van der Waals surface area contributed by atoms with E-state index in [1.54, 1.807) is 25.3 Å². The largest absolute Gasteiger partial charge is 0.507 e. The monoisotopic (exact) mass is 419 g/mol. The number of piperidine rings is 1. The van der Waals surface area contributed by atoms with Gasteiger partial charge in [-0.2, -0.15) is 20.1 Å². The molecule has 2 aromatic carbocycles. The molecule has 31 heavy (non-hydrogen) atoms. The lowest BCUT2D eigenvalue weighted by atomic mass is 10.1. The SMILES string of the molecule is COc1ccc(O)c(C=NNc2nc(Nc3ccccc3)nc(N3CCCCC3)n2)c1. The van der Waals surface area contributed by atoms with Crippen LogP contribution in [0.3, 0.4) is 0 Å². The first kappa shape index (κ1) is 20.4. The second-order valence-corrected chi connectivity index (χ2v) is 7.12. The number of benzene rings is 2. The first-order valence-corrected chi connectivity index (χ1v) is 10.2. The molecule has 1 aliphatic rings. The van der Waals surface area contributed by atoms with Gasteiger partial charge in [-0.15, -0.1) is 0 Å². The number of phenolic OH excluding ortho intramolecular Hbond substituents is 1. The fourth-order valence-corrected chi connectivity index (χ4v) is 3.28. The maximum atomic E-state index is 10.0. The van der Waals surface area contributed by atoms with Crippen molar-refractivity contribution in [1.29, 1.82) is 0 Å². The van der Waals surface area contributed by atoms with Gasteiger partial charge >= 0.3 is 0 Å².